The number of benzene rings is 4. The summed E-state index contributed by atoms with van der Waals surface area (Å²) in [5.74, 6) is 0. The molecule has 0 fully saturated rings. The van der Waals surface area contributed by atoms with E-state index in [4.69, 9.17) is 0 Å². The molecule has 0 bridgehead atoms. The van der Waals surface area contributed by atoms with Gasteiger partial charge in [0, 0.05) is 0 Å². The quantitative estimate of drug-likeness (QED) is 0.185. The van der Waals surface area contributed by atoms with E-state index in [0.717, 1.165) is 6.42 Å². The molecule has 0 unspecified atom stereocenters. The maximum atomic E-state index is 2.99. The van der Waals surface area contributed by atoms with Crippen LogP contribution < -0.4 is 24.8 Å². The van der Waals surface area contributed by atoms with Crippen LogP contribution in [0.5, 0.6) is 0 Å². The Morgan fingerprint density at radius 2 is 1.05 bits per heavy atom. The largest absolute Gasteiger partial charge is 1.00 e. The van der Waals surface area contributed by atoms with Gasteiger partial charge < -0.3 is 24.8 Å². The minimum Gasteiger partial charge on any atom is -1.00 e. The normalized spacial score (nSPS) is 12.0. The molecule has 0 aromatic heterocycles. The molecule has 5 aromatic rings. The molecule has 0 spiro atoms. The summed E-state index contributed by atoms with van der Waals surface area (Å²) < 4.78 is 1.33. The standard InChI is InChI=1S/C21H25.C15H14.C5H5.2ClH.Ti/c1-20(2,3)16-7-9-18-14(12-16)11-15-13-17(21(4,5)6)8-10-19(15)18;1-12-3-7-14(8-4-12)11-15-9-5-13(2)6-10-15;1-2-4-5-3-1;;;/h7-13H,1-6H3;3-10H,1-2H3;1-3H,4H2;2*1H;/q-1;;-1;;;+2/p-2. The molecule has 0 saturated carbocycles. The summed E-state index contributed by atoms with van der Waals surface area (Å²) >= 11 is 2.18. The van der Waals surface area contributed by atoms with Crippen LogP contribution in [-0.2, 0) is 30.8 Å². The van der Waals surface area contributed by atoms with Gasteiger partial charge in [-0.15, -0.1) is 46.2 Å². The molecule has 0 radical (unpaired) electrons. The van der Waals surface area contributed by atoms with Gasteiger partial charge in [-0.1, -0.05) is 76.9 Å². The van der Waals surface area contributed by atoms with Crippen molar-refractivity contribution in [3.8, 4) is 0 Å². The molecule has 5 aromatic carbocycles. The van der Waals surface area contributed by atoms with Gasteiger partial charge in [0.15, 0.2) is 0 Å². The molecule has 228 valence electrons. The van der Waals surface area contributed by atoms with E-state index in [0.29, 0.717) is 0 Å². The molecule has 44 heavy (non-hydrogen) atoms. The van der Waals surface area contributed by atoms with Crippen LogP contribution in [0.2, 0.25) is 0 Å². The van der Waals surface area contributed by atoms with E-state index in [2.05, 4.69) is 179 Å². The maximum absolute atomic E-state index is 2.99. The number of halogens is 2. The van der Waals surface area contributed by atoms with Crippen molar-refractivity contribution >= 4 is 25.4 Å². The van der Waals surface area contributed by atoms with Crippen LogP contribution in [0.4, 0.5) is 0 Å². The molecular formula is C41H44Cl2Ti-2. The topological polar surface area (TPSA) is 0 Å². The van der Waals surface area contributed by atoms with Crippen molar-refractivity contribution < 1.29 is 44.8 Å². The minimum absolute atomic E-state index is 0. The summed E-state index contributed by atoms with van der Waals surface area (Å²) in [5.41, 5.74) is 8.43. The number of fused-ring (bicyclic) bond motifs is 3. The van der Waals surface area contributed by atoms with Gasteiger partial charge in [-0.2, -0.15) is 6.08 Å². The van der Waals surface area contributed by atoms with Crippen molar-refractivity contribution in [2.24, 2.45) is 0 Å². The van der Waals surface area contributed by atoms with E-state index < -0.39 is 0 Å². The van der Waals surface area contributed by atoms with E-state index in [-0.39, 0.29) is 35.6 Å². The van der Waals surface area contributed by atoms with E-state index in [1.165, 1.54) is 58.7 Å². The third-order valence-electron chi connectivity index (χ3n) is 7.70. The Kier molecular flexibility index (Phi) is 13.8. The van der Waals surface area contributed by atoms with Crippen molar-refractivity contribution in [1.29, 1.82) is 0 Å². The first-order valence-electron chi connectivity index (χ1n) is 14.9. The molecule has 0 N–H and O–H groups in total. The van der Waals surface area contributed by atoms with Crippen molar-refractivity contribution in [2.45, 2.75) is 72.6 Å². The molecule has 6 rings (SSSR count). The molecule has 0 aliphatic heterocycles. The van der Waals surface area contributed by atoms with Gasteiger partial charge in [-0.3, -0.25) is 6.08 Å². The summed E-state index contributed by atoms with van der Waals surface area (Å²) in [7, 11) is 0. The molecule has 0 amide bonds. The molecule has 1 aliphatic carbocycles. The Balaban J connectivity index is 0.000000260. The van der Waals surface area contributed by atoms with Gasteiger partial charge in [0.05, 0.1) is 0 Å². The van der Waals surface area contributed by atoms with Gasteiger partial charge in [-0.05, 0) is 10.8 Å². The summed E-state index contributed by atoms with van der Waals surface area (Å²) in [6.07, 6.45) is 10.0. The second kappa shape index (κ2) is 16.1. The maximum Gasteiger partial charge on any atom is -0.109 e. The Morgan fingerprint density at radius 1 is 0.636 bits per heavy atom. The fourth-order valence-electron chi connectivity index (χ4n) is 4.90. The zero-order chi connectivity index (χ0) is 30.5. The number of aryl methyl sites for hydroxylation is 2. The van der Waals surface area contributed by atoms with Crippen molar-refractivity contribution in [3.63, 3.8) is 0 Å². The molecule has 1 aliphatic rings. The second-order valence-electron chi connectivity index (χ2n) is 13.4. The third-order valence-corrected chi connectivity index (χ3v) is 8.60. The number of hydrogen-bond acceptors (Lipinski definition) is 0. The summed E-state index contributed by atoms with van der Waals surface area (Å²) in [5, 5.41) is 5.48. The van der Waals surface area contributed by atoms with Crippen molar-refractivity contribution in [2.75, 3.05) is 0 Å². The Labute approximate surface area is 289 Å². The summed E-state index contributed by atoms with van der Waals surface area (Å²) in [4.78, 5) is 0. The zero-order valence-corrected chi connectivity index (χ0v) is 30.4. The van der Waals surface area contributed by atoms with Crippen LogP contribution in [0, 0.1) is 19.9 Å². The van der Waals surface area contributed by atoms with Crippen LogP contribution >= 0.6 is 0 Å². The molecule has 0 nitrogen and oxygen atoms in total. The fraction of sp³-hybridized carbons (Fsp3) is 0.268. The number of allylic oxidation sites excluding steroid dienone is 4. The molecule has 0 heterocycles. The first-order valence-corrected chi connectivity index (χ1v) is 15.7. The predicted molar refractivity (Wildman–Crippen MR) is 182 cm³/mol. The van der Waals surface area contributed by atoms with E-state index >= 15 is 0 Å². The zero-order valence-electron chi connectivity index (χ0n) is 27.4. The van der Waals surface area contributed by atoms with E-state index in [1.54, 1.807) is 0 Å². The van der Waals surface area contributed by atoms with Gasteiger partial charge in [0.25, 0.3) is 0 Å². The smallest absolute Gasteiger partial charge is 0.109 e. The van der Waals surface area contributed by atoms with Crippen LogP contribution in [-0.4, -0.2) is 3.81 Å². The van der Waals surface area contributed by atoms with Gasteiger partial charge in [-0.25, -0.2) is 12.2 Å². The Bertz CT molecular complexity index is 1590. The van der Waals surface area contributed by atoms with Crippen molar-refractivity contribution in [3.05, 3.63) is 149 Å². The predicted octanol–water partition coefficient (Wildman–Crippen LogP) is 5.04. The summed E-state index contributed by atoms with van der Waals surface area (Å²) in [6, 6.07) is 33.6. The van der Waals surface area contributed by atoms with Crippen LogP contribution in [0.3, 0.4) is 0 Å². The average Bonchev–Trinajstić information content (AvgIpc) is 3.64. The fourth-order valence-corrected chi connectivity index (χ4v) is 5.42. The van der Waals surface area contributed by atoms with Crippen LogP contribution in [0.15, 0.2) is 109 Å². The van der Waals surface area contributed by atoms with Gasteiger partial charge in [0.2, 0.25) is 0 Å². The van der Waals surface area contributed by atoms with Gasteiger partial charge >= 0.3 is 108 Å². The van der Waals surface area contributed by atoms with E-state index in [9.17, 15) is 0 Å². The van der Waals surface area contributed by atoms with Gasteiger partial charge in [0.1, 0.15) is 0 Å². The third kappa shape index (κ3) is 9.95. The summed E-state index contributed by atoms with van der Waals surface area (Å²) in [6.45, 7) is 17.9. The average molecular weight is 656 g/mol. The molecular weight excluding hydrogens is 611 g/mol. The Morgan fingerprint density at radius 3 is 1.34 bits per heavy atom. The van der Waals surface area contributed by atoms with Crippen molar-refractivity contribution in [1.82, 2.24) is 0 Å². The van der Waals surface area contributed by atoms with E-state index in [1.807, 2.05) is 12.2 Å². The Hall–Kier alpha value is -2.61. The first-order chi connectivity index (χ1) is 19.8. The minimum atomic E-state index is 0. The molecule has 3 heteroatoms. The SMILES string of the molecule is CC(C)(C)c1ccc2c(c1)[cH-]c1cc(C(C)(C)C)ccc12.Cc1ccc([C](=[Ti+2])c2ccc(C)cc2)cc1.[C-]1=CC=CC1.[Cl-].[Cl-]. The second-order valence-corrected chi connectivity index (χ2v) is 14.1. The molecule has 0 atom stereocenters. The first kappa shape index (κ1) is 37.6. The molecule has 0 saturated heterocycles. The van der Waals surface area contributed by atoms with Crippen LogP contribution in [0.1, 0.15) is 81.3 Å². The monoisotopic (exact) mass is 654 g/mol. The number of hydrogen-bond donors (Lipinski definition) is 0. The number of rotatable bonds is 2. The van der Waals surface area contributed by atoms with Crippen LogP contribution in [0.25, 0.3) is 21.5 Å².